The number of aldehydes is 1. The number of methoxy groups -OCH3 is 1. The number of nitrogens with one attached hydrogen (secondary N) is 1. The zero-order chi connectivity index (χ0) is 42.2. The van der Waals surface area contributed by atoms with Crippen molar-refractivity contribution in [1.82, 2.24) is 5.32 Å². The number of hydrogen-bond donors (Lipinski definition) is 8. The van der Waals surface area contributed by atoms with Crippen LogP contribution in [0.4, 0.5) is 0 Å². The largest absolute Gasteiger partial charge is 0.497 e. The number of benzene rings is 4. The van der Waals surface area contributed by atoms with Gasteiger partial charge in [0.15, 0.2) is 6.29 Å². The summed E-state index contributed by atoms with van der Waals surface area (Å²) in [6, 6.07) is 25.2. The van der Waals surface area contributed by atoms with Gasteiger partial charge in [0.2, 0.25) is 12.2 Å². The Morgan fingerprint density at radius 3 is 2.10 bits per heavy atom. The monoisotopic (exact) mass is 820 g/mol. The third kappa shape index (κ3) is 10.4. The summed E-state index contributed by atoms with van der Waals surface area (Å²) in [5, 5.41) is 69.3. The zero-order valence-electron chi connectivity index (χ0n) is 32.6. The third-order valence-corrected chi connectivity index (χ3v) is 10.8. The molecule has 2 heterocycles. The molecule has 2 fully saturated rings. The van der Waals surface area contributed by atoms with Crippen molar-refractivity contribution in [3.63, 3.8) is 0 Å². The van der Waals surface area contributed by atoms with Crippen LogP contribution in [0.25, 0.3) is 10.8 Å². The third-order valence-electron chi connectivity index (χ3n) is 10.8. The maximum absolute atomic E-state index is 12.9. The van der Waals surface area contributed by atoms with Crippen LogP contribution in [-0.4, -0.2) is 137 Å². The van der Waals surface area contributed by atoms with Crippen molar-refractivity contribution in [2.45, 2.75) is 99.4 Å². The fourth-order valence-electron chi connectivity index (χ4n) is 7.21. The number of nitrogens with two attached hydrogens (primary N) is 1. The molecule has 16 heteroatoms. The minimum absolute atomic E-state index is 0.0315. The quantitative estimate of drug-likeness (QED) is 0.0674. The lowest BCUT2D eigenvalue weighted by molar-refractivity contribution is -0.355. The Morgan fingerprint density at radius 1 is 0.780 bits per heavy atom. The predicted octanol–water partition coefficient (Wildman–Crippen LogP) is 0.433. The molecule has 2 saturated heterocycles. The van der Waals surface area contributed by atoms with Crippen LogP contribution in [-0.2, 0) is 41.6 Å². The number of aliphatic hydroxyl groups excluding tert-OH is 6. The molecule has 0 saturated carbocycles. The Balaban J connectivity index is 1.04. The van der Waals surface area contributed by atoms with Crippen LogP contribution < -0.4 is 20.5 Å². The molecule has 0 aromatic heterocycles. The maximum atomic E-state index is 12.9. The molecule has 13 atom stereocenters. The summed E-state index contributed by atoms with van der Waals surface area (Å²) in [4.78, 5) is 24.8. The molecule has 2 aliphatic rings. The number of rotatable bonds is 17. The Kier molecular flexibility index (Phi) is 15.0. The molecule has 9 N–H and O–H groups in total. The summed E-state index contributed by atoms with van der Waals surface area (Å²) in [6.07, 6.45) is -14.2. The minimum atomic E-state index is -1.73. The van der Waals surface area contributed by atoms with Crippen LogP contribution in [0.3, 0.4) is 0 Å². The summed E-state index contributed by atoms with van der Waals surface area (Å²) in [6.45, 7) is 0.435. The summed E-state index contributed by atoms with van der Waals surface area (Å²) >= 11 is 0. The van der Waals surface area contributed by atoms with Gasteiger partial charge in [-0.15, -0.1) is 0 Å². The van der Waals surface area contributed by atoms with E-state index in [0.29, 0.717) is 17.6 Å². The smallest absolute Gasteiger partial charge is 0.238 e. The molecule has 13 unspecified atom stereocenters. The number of ether oxygens (including phenoxy) is 6. The van der Waals surface area contributed by atoms with E-state index in [1.54, 1.807) is 31.4 Å². The molecule has 0 spiro atoms. The second-order valence-electron chi connectivity index (χ2n) is 14.8. The predicted molar refractivity (Wildman–Crippen MR) is 211 cm³/mol. The van der Waals surface area contributed by atoms with Gasteiger partial charge in [0, 0.05) is 5.92 Å². The van der Waals surface area contributed by atoms with E-state index < -0.39 is 92.6 Å². The average molecular weight is 821 g/mol. The highest BCUT2D eigenvalue weighted by Gasteiger charge is 2.51. The molecule has 0 bridgehead atoms. The normalized spacial score (nSPS) is 28.6. The van der Waals surface area contributed by atoms with Crippen molar-refractivity contribution in [3.8, 4) is 11.5 Å². The molecular weight excluding hydrogens is 768 g/mol. The summed E-state index contributed by atoms with van der Waals surface area (Å²) in [7, 11) is 1.58. The van der Waals surface area contributed by atoms with Crippen LogP contribution >= 0.6 is 0 Å². The van der Waals surface area contributed by atoms with E-state index >= 15 is 0 Å². The molecule has 0 aliphatic carbocycles. The number of carbonyl (C=O) groups is 2. The molecule has 59 heavy (non-hydrogen) atoms. The lowest BCUT2D eigenvalue weighted by Gasteiger charge is -2.46. The topological polar surface area (TPSA) is 249 Å². The van der Waals surface area contributed by atoms with Gasteiger partial charge in [-0.1, -0.05) is 67.6 Å². The first-order chi connectivity index (χ1) is 28.4. The molecular formula is C43H52N2O14. The number of fused-ring (bicyclic) bond motifs is 1. The van der Waals surface area contributed by atoms with Crippen molar-refractivity contribution >= 4 is 23.0 Å². The van der Waals surface area contributed by atoms with Crippen LogP contribution in [0.1, 0.15) is 29.5 Å². The fraction of sp³-hybridized carbons (Fsp3) is 0.442. The molecule has 4 aromatic rings. The molecule has 1 amide bonds. The van der Waals surface area contributed by atoms with Gasteiger partial charge < -0.3 is 74.9 Å². The Hall–Kier alpha value is -4.56. The number of amides is 1. The van der Waals surface area contributed by atoms with Gasteiger partial charge in [0.1, 0.15) is 66.6 Å². The van der Waals surface area contributed by atoms with Gasteiger partial charge in [0.05, 0.1) is 39.0 Å². The SMILES string of the molecule is COc1ccc2cc(COC3C(O)C(CO)OC(OC4C(CO)OC(Oc5ccc(CC(C=O)NC(=O)C(N)C(C)c6ccccc6)cc5)C(O)C4O)C3O)ccc2c1. The zero-order valence-corrected chi connectivity index (χ0v) is 32.6. The van der Waals surface area contributed by atoms with Gasteiger partial charge in [-0.05, 0) is 64.2 Å². The number of carbonyl (C=O) groups excluding carboxylic acids is 2. The highest BCUT2D eigenvalue weighted by atomic mass is 16.7. The average Bonchev–Trinajstić information content (AvgIpc) is 3.26. The van der Waals surface area contributed by atoms with Crippen molar-refractivity contribution in [3.05, 3.63) is 108 Å². The number of hydrogen-bond acceptors (Lipinski definition) is 15. The summed E-state index contributed by atoms with van der Waals surface area (Å²) < 4.78 is 34.4. The van der Waals surface area contributed by atoms with Gasteiger partial charge >= 0.3 is 0 Å². The van der Waals surface area contributed by atoms with E-state index in [-0.39, 0.29) is 24.7 Å². The van der Waals surface area contributed by atoms with E-state index in [4.69, 9.17) is 34.2 Å². The Morgan fingerprint density at radius 2 is 1.42 bits per heavy atom. The van der Waals surface area contributed by atoms with Crippen LogP contribution in [0, 0.1) is 0 Å². The first kappa shape index (κ1) is 44.0. The number of aliphatic hydroxyl groups is 6. The molecule has 2 aliphatic heterocycles. The first-order valence-electron chi connectivity index (χ1n) is 19.3. The summed E-state index contributed by atoms with van der Waals surface area (Å²) in [5.74, 6) is 0.164. The maximum Gasteiger partial charge on any atom is 0.238 e. The van der Waals surface area contributed by atoms with Crippen LogP contribution in [0.15, 0.2) is 91.0 Å². The van der Waals surface area contributed by atoms with Crippen molar-refractivity contribution in [1.29, 1.82) is 0 Å². The van der Waals surface area contributed by atoms with Gasteiger partial charge in [0.25, 0.3) is 0 Å². The van der Waals surface area contributed by atoms with E-state index in [2.05, 4.69) is 5.32 Å². The first-order valence-corrected chi connectivity index (χ1v) is 19.3. The molecule has 4 aromatic carbocycles. The summed E-state index contributed by atoms with van der Waals surface area (Å²) in [5.41, 5.74) is 8.51. The Bertz CT molecular complexity index is 1970. The van der Waals surface area contributed by atoms with Gasteiger partial charge in [-0.25, -0.2) is 0 Å². The molecule has 0 radical (unpaired) electrons. The second kappa shape index (κ2) is 20.1. The highest BCUT2D eigenvalue weighted by molar-refractivity contribution is 5.85. The van der Waals surface area contributed by atoms with E-state index in [1.807, 2.05) is 73.7 Å². The molecule has 16 nitrogen and oxygen atoms in total. The Labute approximate surface area is 341 Å². The van der Waals surface area contributed by atoms with Crippen LogP contribution in [0.2, 0.25) is 0 Å². The fourth-order valence-corrected chi connectivity index (χ4v) is 7.21. The highest BCUT2D eigenvalue weighted by Crippen LogP contribution is 2.32. The van der Waals surface area contributed by atoms with Crippen LogP contribution in [0.5, 0.6) is 11.5 Å². The lowest BCUT2D eigenvalue weighted by atomic mass is 9.93. The van der Waals surface area contributed by atoms with E-state index in [0.717, 1.165) is 21.9 Å². The van der Waals surface area contributed by atoms with E-state index in [9.17, 15) is 40.2 Å². The lowest BCUT2D eigenvalue weighted by Crippen LogP contribution is -2.65. The van der Waals surface area contributed by atoms with Crippen molar-refractivity contribution in [2.75, 3.05) is 20.3 Å². The molecule has 6 rings (SSSR count). The standard InChI is InChI=1S/C43H52N2O14/c1-23(26-6-4-3-5-7-26)34(44)41(53)45-29(19-46)17-24-9-13-30(14-10-24)56-42-37(51)36(50)39(33(21-48)58-42)59-43-38(52)40(35(49)32(20-47)57-43)55-22-25-8-11-28-18-31(54-2)15-12-27(28)16-25/h3-16,18-19,23,29,32-40,42-43,47-52H,17,20-22,44H2,1-2H3,(H,45,53). The van der Waals surface area contributed by atoms with Crippen molar-refractivity contribution < 1.29 is 68.6 Å². The molecule has 318 valence electrons. The van der Waals surface area contributed by atoms with Gasteiger partial charge in [-0.2, -0.15) is 0 Å². The minimum Gasteiger partial charge on any atom is -0.497 e. The van der Waals surface area contributed by atoms with Gasteiger partial charge in [-0.3, -0.25) is 4.79 Å². The van der Waals surface area contributed by atoms with Crippen molar-refractivity contribution in [2.24, 2.45) is 5.73 Å². The van der Waals surface area contributed by atoms with E-state index in [1.165, 1.54) is 0 Å². The second-order valence-corrected chi connectivity index (χ2v) is 14.8.